The van der Waals surface area contributed by atoms with Gasteiger partial charge in [-0.1, -0.05) is 37.1 Å². The molecule has 0 bridgehead atoms. The number of fused-ring (bicyclic) bond motifs is 2. The summed E-state index contributed by atoms with van der Waals surface area (Å²) in [6, 6.07) is 7.14. The number of unbranched alkanes of at least 4 members (excludes halogenated alkanes) is 3. The van der Waals surface area contributed by atoms with E-state index < -0.39 is 26.6 Å². The van der Waals surface area contributed by atoms with Gasteiger partial charge in [0.2, 0.25) is 0 Å². The molecule has 0 amide bonds. The zero-order valence-corrected chi connectivity index (χ0v) is 19.4. The van der Waals surface area contributed by atoms with Gasteiger partial charge in [0.15, 0.2) is 11.6 Å². The molecule has 0 saturated carbocycles. The third-order valence-corrected chi connectivity index (χ3v) is 5.71. The minimum absolute atomic E-state index is 0. The number of carbonyl (C=O) groups is 2. The molecule has 8 nitrogen and oxygen atoms in total. The minimum Gasteiger partial charge on any atom is -0.744 e. The first-order valence-electron chi connectivity index (χ1n) is 9.23. The predicted molar refractivity (Wildman–Crippen MR) is 106 cm³/mol. The van der Waals surface area contributed by atoms with Gasteiger partial charge in [-0.05, 0) is 18.9 Å². The number of ketones is 2. The summed E-state index contributed by atoms with van der Waals surface area (Å²) in [6.45, 7) is 0.376. The molecule has 0 fully saturated rings. The Bertz CT molecular complexity index is 1080. The Morgan fingerprint density at radius 1 is 0.967 bits per heavy atom. The van der Waals surface area contributed by atoms with Crippen molar-refractivity contribution in [2.24, 2.45) is 0 Å². The third kappa shape index (κ3) is 4.77. The summed E-state index contributed by atoms with van der Waals surface area (Å²) in [5.74, 6) is -1.05. The number of hydrogen-bond acceptors (Lipinski definition) is 8. The van der Waals surface area contributed by atoms with Gasteiger partial charge in [-0.25, -0.2) is 8.42 Å². The van der Waals surface area contributed by atoms with E-state index in [0.717, 1.165) is 18.9 Å². The predicted octanol–water partition coefficient (Wildman–Crippen LogP) is -1.08. The van der Waals surface area contributed by atoms with Crippen molar-refractivity contribution in [2.75, 3.05) is 24.2 Å². The first-order chi connectivity index (χ1) is 13.8. The molecule has 10 heteroatoms. The molecule has 0 atom stereocenters. The fraction of sp³-hybridized carbons (Fsp3) is 0.300. The number of anilines is 2. The normalized spacial score (nSPS) is 12.7. The Kier molecular flexibility index (Phi) is 8.20. The summed E-state index contributed by atoms with van der Waals surface area (Å²) in [6.07, 6.45) is 2.83. The van der Waals surface area contributed by atoms with Gasteiger partial charge < -0.3 is 20.7 Å². The average Bonchev–Trinajstić information content (AvgIpc) is 2.68. The largest absolute Gasteiger partial charge is 1.00 e. The number of rotatable bonds is 8. The van der Waals surface area contributed by atoms with Gasteiger partial charge >= 0.3 is 29.6 Å². The van der Waals surface area contributed by atoms with Gasteiger partial charge in [0.05, 0.1) is 21.7 Å². The van der Waals surface area contributed by atoms with E-state index in [4.69, 9.17) is 10.8 Å². The van der Waals surface area contributed by atoms with Crippen LogP contribution in [0, 0.1) is 0 Å². The molecule has 30 heavy (non-hydrogen) atoms. The molecule has 0 aliphatic heterocycles. The molecule has 1 aliphatic carbocycles. The van der Waals surface area contributed by atoms with E-state index in [2.05, 4.69) is 5.32 Å². The molecule has 154 valence electrons. The summed E-state index contributed by atoms with van der Waals surface area (Å²) < 4.78 is 35.5. The Hall–Kier alpha value is -1.75. The summed E-state index contributed by atoms with van der Waals surface area (Å²) in [4.78, 5) is 25.4. The molecule has 2 aromatic carbocycles. The van der Waals surface area contributed by atoms with Gasteiger partial charge in [0.1, 0.15) is 10.1 Å². The molecule has 2 aromatic rings. The van der Waals surface area contributed by atoms with E-state index in [1.807, 2.05) is 0 Å². The maximum Gasteiger partial charge on any atom is 1.00 e. The van der Waals surface area contributed by atoms with Crippen LogP contribution in [0.25, 0.3) is 0 Å². The Balaban J connectivity index is 0.00000320. The van der Waals surface area contributed by atoms with E-state index in [0.29, 0.717) is 12.8 Å². The maximum absolute atomic E-state index is 13.1. The van der Waals surface area contributed by atoms with Crippen LogP contribution in [0.3, 0.4) is 0 Å². The van der Waals surface area contributed by atoms with Crippen molar-refractivity contribution in [3.8, 4) is 0 Å². The summed E-state index contributed by atoms with van der Waals surface area (Å²) in [7, 11) is -4.95. The van der Waals surface area contributed by atoms with Crippen LogP contribution in [0.5, 0.6) is 0 Å². The van der Waals surface area contributed by atoms with Gasteiger partial charge in [0.25, 0.3) is 0 Å². The standard InChI is InChI=1S/C20H22N2O6S.Na/c21-14-11-15(29(26,27)28)18(22-9-5-1-2-6-10-23)17-16(14)19(24)12-7-3-4-8-13(12)20(17)25;/h3-4,7-8,11,22-23H,1-2,5-6,9-10,21H2,(H,26,27,28);/q;+1/p-1. The Morgan fingerprint density at radius 3 is 2.10 bits per heavy atom. The van der Waals surface area contributed by atoms with Crippen molar-refractivity contribution >= 4 is 33.1 Å². The number of nitrogen functional groups attached to an aromatic ring is 1. The quantitative estimate of drug-likeness (QED) is 0.173. The van der Waals surface area contributed by atoms with Crippen molar-refractivity contribution in [3.05, 3.63) is 52.6 Å². The zero-order valence-electron chi connectivity index (χ0n) is 16.6. The van der Waals surface area contributed by atoms with Gasteiger partial charge in [-0.15, -0.1) is 0 Å². The second-order valence-electron chi connectivity index (χ2n) is 6.81. The van der Waals surface area contributed by atoms with Crippen molar-refractivity contribution in [2.45, 2.75) is 30.6 Å². The van der Waals surface area contributed by atoms with Crippen LogP contribution in [0.1, 0.15) is 57.5 Å². The second-order valence-corrected chi connectivity index (χ2v) is 8.16. The second kappa shape index (κ2) is 10.0. The van der Waals surface area contributed by atoms with E-state index in [9.17, 15) is 22.6 Å². The molecule has 0 unspecified atom stereocenters. The summed E-state index contributed by atoms with van der Waals surface area (Å²) >= 11 is 0. The third-order valence-electron chi connectivity index (χ3n) is 4.85. The van der Waals surface area contributed by atoms with E-state index in [-0.39, 0.29) is 76.3 Å². The van der Waals surface area contributed by atoms with Gasteiger partial charge in [-0.3, -0.25) is 9.59 Å². The summed E-state index contributed by atoms with van der Waals surface area (Å²) in [5, 5.41) is 11.7. The van der Waals surface area contributed by atoms with E-state index in [1.165, 1.54) is 12.1 Å². The van der Waals surface area contributed by atoms with E-state index in [1.54, 1.807) is 12.1 Å². The van der Waals surface area contributed by atoms with Crippen LogP contribution < -0.4 is 40.6 Å². The zero-order chi connectivity index (χ0) is 21.2. The molecule has 0 spiro atoms. The number of hydrogen-bond donors (Lipinski definition) is 3. The molecule has 0 heterocycles. The number of aliphatic hydroxyl groups excluding tert-OH is 1. The van der Waals surface area contributed by atoms with Crippen molar-refractivity contribution in [1.82, 2.24) is 0 Å². The molecule has 1 aliphatic rings. The SMILES string of the molecule is Nc1cc(S(=O)(=O)[O-])c(NCCCCCCO)c2c1C(=O)c1ccccc1C2=O.[Na+]. The summed E-state index contributed by atoms with van der Waals surface area (Å²) in [5.41, 5.74) is 5.54. The fourth-order valence-electron chi connectivity index (χ4n) is 3.47. The smallest absolute Gasteiger partial charge is 0.744 e. The fourth-order valence-corrected chi connectivity index (χ4v) is 4.17. The number of nitrogens with two attached hydrogens (primary N) is 1. The average molecular weight is 440 g/mol. The molecule has 4 N–H and O–H groups in total. The molecule has 0 radical (unpaired) electrons. The molecule has 0 aromatic heterocycles. The van der Waals surface area contributed by atoms with Crippen LogP contribution >= 0.6 is 0 Å². The number of benzene rings is 2. The molecule has 3 rings (SSSR count). The number of nitrogens with one attached hydrogen (secondary N) is 1. The maximum atomic E-state index is 13.1. The Labute approximate surface area is 196 Å². The first kappa shape index (κ1) is 24.5. The molecular weight excluding hydrogens is 419 g/mol. The van der Waals surface area contributed by atoms with Crippen LogP contribution in [0.4, 0.5) is 11.4 Å². The van der Waals surface area contributed by atoms with Crippen LogP contribution in [0.2, 0.25) is 0 Å². The van der Waals surface area contributed by atoms with Crippen LogP contribution in [0.15, 0.2) is 35.2 Å². The first-order valence-corrected chi connectivity index (χ1v) is 10.6. The van der Waals surface area contributed by atoms with Gasteiger partial charge in [0, 0.05) is 30.0 Å². The van der Waals surface area contributed by atoms with Crippen molar-refractivity contribution in [3.63, 3.8) is 0 Å². The van der Waals surface area contributed by atoms with Crippen LogP contribution in [-0.2, 0) is 10.1 Å². The number of aliphatic hydroxyl groups is 1. The minimum atomic E-state index is -4.95. The molecule has 0 saturated heterocycles. The van der Waals surface area contributed by atoms with Gasteiger partial charge in [-0.2, -0.15) is 0 Å². The molecular formula is C20H21N2NaO6S. The van der Waals surface area contributed by atoms with Crippen molar-refractivity contribution < 1.29 is 57.2 Å². The van der Waals surface area contributed by atoms with Crippen molar-refractivity contribution in [1.29, 1.82) is 0 Å². The van der Waals surface area contributed by atoms with Crippen LogP contribution in [-0.4, -0.2) is 42.8 Å². The monoisotopic (exact) mass is 440 g/mol. The van der Waals surface area contributed by atoms with E-state index >= 15 is 0 Å². The topological polar surface area (TPSA) is 150 Å². The Morgan fingerprint density at radius 2 is 1.53 bits per heavy atom. The number of carbonyl (C=O) groups excluding carboxylic acids is 2.